The highest BCUT2D eigenvalue weighted by molar-refractivity contribution is 6.71. The molecule has 1 aromatic carbocycles. The summed E-state index contributed by atoms with van der Waals surface area (Å²) in [5.41, 5.74) is 3.33. The third-order valence-corrected chi connectivity index (χ3v) is 4.25. The van der Waals surface area contributed by atoms with Crippen molar-refractivity contribution in [3.63, 3.8) is 0 Å². The van der Waals surface area contributed by atoms with Crippen LogP contribution in [-0.4, -0.2) is 43.0 Å². The molecule has 20 heavy (non-hydrogen) atoms. The largest absolute Gasteiger partial charge is 0.369 e. The van der Waals surface area contributed by atoms with Crippen molar-refractivity contribution in [3.8, 4) is 0 Å². The first-order chi connectivity index (χ1) is 9.83. The number of fused-ring (bicyclic) bond motifs is 3. The van der Waals surface area contributed by atoms with Crippen molar-refractivity contribution in [1.29, 1.82) is 0 Å². The van der Waals surface area contributed by atoms with Crippen LogP contribution in [0, 0.1) is 0 Å². The summed E-state index contributed by atoms with van der Waals surface area (Å²) < 4.78 is 0. The van der Waals surface area contributed by atoms with E-state index in [0.717, 1.165) is 48.5 Å². The maximum atomic E-state index is 6.27. The van der Waals surface area contributed by atoms with Gasteiger partial charge in [0, 0.05) is 42.8 Å². The highest BCUT2D eigenvalue weighted by Crippen LogP contribution is 2.33. The number of piperazine rings is 1. The average Bonchev–Trinajstić information content (AvgIpc) is 2.87. The van der Waals surface area contributed by atoms with Crippen LogP contribution in [-0.2, 0) is 0 Å². The molecule has 0 saturated carbocycles. The molecule has 1 fully saturated rings. The van der Waals surface area contributed by atoms with E-state index >= 15 is 0 Å². The number of anilines is 2. The summed E-state index contributed by atoms with van der Waals surface area (Å²) in [4.78, 5) is 10.0. The van der Waals surface area contributed by atoms with Gasteiger partial charge in [0.05, 0.1) is 5.56 Å². The van der Waals surface area contributed by atoms with Gasteiger partial charge in [0.2, 0.25) is 0 Å². The standard InChI is InChI=1S/C14H16ClN5/c15-13-12-10-7-9(20-5-3-16-4-6-20)1-2-11(10)19-14(12)18-8-17-13/h1-2,7,16,18-19H,3-6,8H2. The van der Waals surface area contributed by atoms with Crippen LogP contribution in [0.3, 0.4) is 0 Å². The molecule has 0 amide bonds. The molecule has 2 aliphatic heterocycles. The monoisotopic (exact) mass is 289 g/mol. The first-order valence-corrected chi connectivity index (χ1v) is 7.26. The van der Waals surface area contributed by atoms with Crippen LogP contribution < -0.4 is 15.5 Å². The molecule has 104 valence electrons. The first kappa shape index (κ1) is 12.1. The molecule has 1 saturated heterocycles. The van der Waals surface area contributed by atoms with E-state index < -0.39 is 0 Å². The van der Waals surface area contributed by atoms with Crippen LogP contribution in [0.15, 0.2) is 23.2 Å². The second kappa shape index (κ2) is 4.68. The predicted octanol–water partition coefficient (Wildman–Crippen LogP) is 1.95. The number of hydrogen-bond acceptors (Lipinski definition) is 4. The van der Waals surface area contributed by atoms with E-state index in [1.165, 1.54) is 5.69 Å². The quantitative estimate of drug-likeness (QED) is 0.752. The van der Waals surface area contributed by atoms with Gasteiger partial charge in [-0.3, -0.25) is 4.99 Å². The minimum Gasteiger partial charge on any atom is -0.369 e. The van der Waals surface area contributed by atoms with Gasteiger partial charge >= 0.3 is 0 Å². The third kappa shape index (κ3) is 1.85. The van der Waals surface area contributed by atoms with E-state index in [4.69, 9.17) is 11.6 Å². The van der Waals surface area contributed by atoms with Gasteiger partial charge in [-0.05, 0) is 18.2 Å². The number of benzene rings is 1. The molecule has 3 heterocycles. The average molecular weight is 290 g/mol. The van der Waals surface area contributed by atoms with Gasteiger partial charge in [0.1, 0.15) is 17.7 Å². The van der Waals surface area contributed by atoms with E-state index in [9.17, 15) is 0 Å². The maximum absolute atomic E-state index is 6.27. The summed E-state index contributed by atoms with van der Waals surface area (Å²) in [6.07, 6.45) is 0. The van der Waals surface area contributed by atoms with Crippen LogP contribution in [0.2, 0.25) is 0 Å². The van der Waals surface area contributed by atoms with Crippen molar-refractivity contribution < 1.29 is 0 Å². The lowest BCUT2D eigenvalue weighted by Crippen LogP contribution is -2.43. The lowest BCUT2D eigenvalue weighted by atomic mass is 10.1. The Hall–Kier alpha value is -1.72. The number of aromatic nitrogens is 1. The normalized spacial score (nSPS) is 18.6. The number of H-pyrrole nitrogens is 1. The Morgan fingerprint density at radius 3 is 2.90 bits per heavy atom. The Balaban J connectivity index is 1.82. The van der Waals surface area contributed by atoms with E-state index in [-0.39, 0.29) is 0 Å². The van der Waals surface area contributed by atoms with Crippen LogP contribution in [0.1, 0.15) is 5.56 Å². The highest BCUT2D eigenvalue weighted by Gasteiger charge is 2.19. The molecule has 3 N–H and O–H groups in total. The van der Waals surface area contributed by atoms with E-state index in [1.54, 1.807) is 0 Å². The summed E-state index contributed by atoms with van der Waals surface area (Å²) >= 11 is 6.27. The molecule has 0 spiro atoms. The van der Waals surface area contributed by atoms with Gasteiger partial charge in [0.25, 0.3) is 0 Å². The second-order valence-electron chi connectivity index (χ2n) is 5.13. The van der Waals surface area contributed by atoms with Crippen molar-refractivity contribution in [1.82, 2.24) is 10.3 Å². The maximum Gasteiger partial charge on any atom is 0.137 e. The third-order valence-electron chi connectivity index (χ3n) is 3.94. The minimum absolute atomic E-state index is 0.531. The molecule has 0 aliphatic carbocycles. The first-order valence-electron chi connectivity index (χ1n) is 6.88. The van der Waals surface area contributed by atoms with Gasteiger partial charge < -0.3 is 20.5 Å². The number of aliphatic imine (C=N–C) groups is 1. The molecule has 5 nitrogen and oxygen atoms in total. The second-order valence-corrected chi connectivity index (χ2v) is 5.48. The fraction of sp³-hybridized carbons (Fsp3) is 0.357. The lowest BCUT2D eigenvalue weighted by Gasteiger charge is -2.29. The molecule has 0 radical (unpaired) electrons. The molecule has 4 rings (SSSR count). The van der Waals surface area contributed by atoms with E-state index in [2.05, 4.69) is 43.7 Å². The topological polar surface area (TPSA) is 55.5 Å². The summed E-state index contributed by atoms with van der Waals surface area (Å²) in [6.45, 7) is 4.68. The number of nitrogens with zero attached hydrogens (tertiary/aromatic N) is 2. The van der Waals surface area contributed by atoms with Gasteiger partial charge in [-0.15, -0.1) is 0 Å². The van der Waals surface area contributed by atoms with Crippen molar-refractivity contribution in [2.24, 2.45) is 4.99 Å². The Morgan fingerprint density at radius 1 is 1.20 bits per heavy atom. The summed E-state index contributed by atoms with van der Waals surface area (Å²) in [5, 5.41) is 8.33. The highest BCUT2D eigenvalue weighted by atomic mass is 35.5. The summed E-state index contributed by atoms with van der Waals surface area (Å²) in [6, 6.07) is 6.50. The number of hydrogen-bond donors (Lipinski definition) is 3. The Labute approximate surface area is 122 Å². The number of aromatic amines is 1. The smallest absolute Gasteiger partial charge is 0.137 e. The zero-order valence-electron chi connectivity index (χ0n) is 11.0. The zero-order chi connectivity index (χ0) is 13.5. The van der Waals surface area contributed by atoms with E-state index in [0.29, 0.717) is 11.8 Å². The molecule has 2 aliphatic rings. The molecule has 6 heteroatoms. The summed E-state index contributed by atoms with van der Waals surface area (Å²) in [7, 11) is 0. The Kier molecular flexibility index (Phi) is 2.82. The van der Waals surface area contributed by atoms with Crippen molar-refractivity contribution in [2.75, 3.05) is 43.1 Å². The Morgan fingerprint density at radius 2 is 2.05 bits per heavy atom. The molecule has 0 unspecified atom stereocenters. The molecule has 1 aromatic heterocycles. The number of rotatable bonds is 1. The minimum atomic E-state index is 0.531. The molecule has 0 bridgehead atoms. The molecular formula is C14H16ClN5. The fourth-order valence-electron chi connectivity index (χ4n) is 2.91. The van der Waals surface area contributed by atoms with Crippen molar-refractivity contribution >= 4 is 39.2 Å². The molecule has 2 aromatic rings. The fourth-order valence-corrected chi connectivity index (χ4v) is 3.17. The zero-order valence-corrected chi connectivity index (χ0v) is 11.8. The van der Waals surface area contributed by atoms with Gasteiger partial charge in [0.15, 0.2) is 0 Å². The van der Waals surface area contributed by atoms with E-state index in [1.807, 2.05) is 0 Å². The number of halogens is 1. The molecule has 0 atom stereocenters. The van der Waals surface area contributed by atoms with Crippen LogP contribution in [0.25, 0.3) is 10.9 Å². The predicted molar refractivity (Wildman–Crippen MR) is 84.3 cm³/mol. The van der Waals surface area contributed by atoms with Gasteiger partial charge in [-0.1, -0.05) is 11.6 Å². The SMILES string of the molecule is ClC1=NCNc2[nH]c3ccc(N4CCNCC4)cc3c21. The van der Waals surface area contributed by atoms with Crippen LogP contribution >= 0.6 is 11.6 Å². The van der Waals surface area contributed by atoms with Crippen molar-refractivity contribution in [3.05, 3.63) is 23.8 Å². The molecular weight excluding hydrogens is 274 g/mol. The summed E-state index contributed by atoms with van der Waals surface area (Å²) in [5.74, 6) is 0.970. The lowest BCUT2D eigenvalue weighted by molar-refractivity contribution is 0.589. The van der Waals surface area contributed by atoms with Crippen LogP contribution in [0.5, 0.6) is 0 Å². The number of nitrogens with one attached hydrogen (secondary N) is 3. The van der Waals surface area contributed by atoms with Gasteiger partial charge in [-0.25, -0.2) is 0 Å². The van der Waals surface area contributed by atoms with Gasteiger partial charge in [-0.2, -0.15) is 0 Å². The Bertz CT molecular complexity index is 684. The van der Waals surface area contributed by atoms with Crippen LogP contribution in [0.4, 0.5) is 11.5 Å². The van der Waals surface area contributed by atoms with Crippen molar-refractivity contribution in [2.45, 2.75) is 0 Å².